The zero-order chi connectivity index (χ0) is 29.0. The Hall–Kier alpha value is -3.60. The van der Waals surface area contributed by atoms with Gasteiger partial charge in [-0.05, 0) is 55.2 Å². The van der Waals surface area contributed by atoms with E-state index in [0.29, 0.717) is 43.0 Å². The van der Waals surface area contributed by atoms with Gasteiger partial charge in [-0.15, -0.1) is 0 Å². The fourth-order valence-electron chi connectivity index (χ4n) is 5.19. The highest BCUT2D eigenvalue weighted by Gasteiger charge is 2.39. The first kappa shape index (κ1) is 28.9. The number of rotatable bonds is 8. The van der Waals surface area contributed by atoms with Gasteiger partial charge in [-0.1, -0.05) is 54.1 Å². The molecular formula is C30H32ClN3O6S. The molecule has 1 saturated heterocycles. The number of carbonyl (C=O) groups excluding carboxylic acids is 2. The van der Waals surface area contributed by atoms with Crippen molar-refractivity contribution in [1.29, 1.82) is 0 Å². The Kier molecular flexibility index (Phi) is 8.82. The van der Waals surface area contributed by atoms with Crippen LogP contribution in [0, 0.1) is 5.92 Å². The molecule has 2 aliphatic rings. The number of sulfonamides is 1. The first-order chi connectivity index (χ1) is 19.8. The number of piperidine rings is 1. The molecule has 1 atom stereocenters. The maximum absolute atomic E-state index is 13.8. The second-order valence-corrected chi connectivity index (χ2v) is 12.4. The molecule has 5 rings (SSSR count). The van der Waals surface area contributed by atoms with Crippen LogP contribution in [0.5, 0.6) is 11.5 Å². The van der Waals surface area contributed by atoms with Gasteiger partial charge in [-0.25, -0.2) is 8.42 Å². The van der Waals surface area contributed by atoms with E-state index in [-0.39, 0.29) is 41.4 Å². The zero-order valence-corrected chi connectivity index (χ0v) is 24.2. The average Bonchev–Trinajstić information content (AvgIpc) is 3.00. The van der Waals surface area contributed by atoms with Crippen molar-refractivity contribution < 1.29 is 27.5 Å². The Balaban J connectivity index is 1.23. The van der Waals surface area contributed by atoms with E-state index in [0.717, 1.165) is 5.56 Å². The van der Waals surface area contributed by atoms with Crippen molar-refractivity contribution in [2.75, 3.05) is 38.2 Å². The van der Waals surface area contributed by atoms with Crippen LogP contribution in [0.2, 0.25) is 5.02 Å². The van der Waals surface area contributed by atoms with Crippen molar-refractivity contribution in [2.45, 2.75) is 30.3 Å². The molecule has 41 heavy (non-hydrogen) atoms. The van der Waals surface area contributed by atoms with Crippen molar-refractivity contribution in [1.82, 2.24) is 9.62 Å². The summed E-state index contributed by atoms with van der Waals surface area (Å²) in [5.74, 6) is 0.0316. The van der Waals surface area contributed by atoms with E-state index in [1.807, 2.05) is 36.4 Å². The molecular weight excluding hydrogens is 566 g/mol. The maximum atomic E-state index is 13.8. The maximum Gasteiger partial charge on any atom is 0.262 e. The number of methoxy groups -OCH3 is 1. The standard InChI is InChI=1S/C30H32ClN3O6S/c1-39-26-12-11-23(19-24(26)31)41(37,38)33-17-14-22(15-18-33)30(36)34-20-28(40-27-10-6-5-9-25(27)34)29(35)32-16-13-21-7-3-2-4-8-21/h2-12,19,22,28H,13-18,20H2,1H3,(H,32,35). The Morgan fingerprint density at radius 1 is 1.02 bits per heavy atom. The summed E-state index contributed by atoms with van der Waals surface area (Å²) in [6, 6.07) is 21.4. The summed E-state index contributed by atoms with van der Waals surface area (Å²) >= 11 is 6.16. The van der Waals surface area contributed by atoms with E-state index in [1.165, 1.54) is 29.6 Å². The highest BCUT2D eigenvalue weighted by molar-refractivity contribution is 7.89. The molecule has 2 aliphatic heterocycles. The SMILES string of the molecule is COc1ccc(S(=O)(=O)N2CCC(C(=O)N3CC(C(=O)NCCc4ccccc4)Oc4ccccc43)CC2)cc1Cl. The van der Waals surface area contributed by atoms with Gasteiger partial charge in [0.05, 0.1) is 29.3 Å². The largest absolute Gasteiger partial charge is 0.495 e. The molecule has 3 aromatic carbocycles. The van der Waals surface area contributed by atoms with Gasteiger partial charge in [0, 0.05) is 25.6 Å². The van der Waals surface area contributed by atoms with Crippen molar-refractivity contribution in [2.24, 2.45) is 5.92 Å². The number of para-hydroxylation sites is 2. The molecule has 0 aliphatic carbocycles. The third kappa shape index (κ3) is 6.34. The molecule has 216 valence electrons. The third-order valence-corrected chi connectivity index (χ3v) is 9.64. The van der Waals surface area contributed by atoms with E-state index < -0.39 is 22.0 Å². The van der Waals surface area contributed by atoms with Crippen LogP contribution in [0.25, 0.3) is 0 Å². The number of hydrogen-bond donors (Lipinski definition) is 1. The Bertz CT molecular complexity index is 1510. The minimum atomic E-state index is -3.79. The van der Waals surface area contributed by atoms with Crippen LogP contribution in [-0.2, 0) is 26.0 Å². The predicted molar refractivity (Wildman–Crippen MR) is 156 cm³/mol. The number of nitrogens with one attached hydrogen (secondary N) is 1. The monoisotopic (exact) mass is 597 g/mol. The summed E-state index contributed by atoms with van der Waals surface area (Å²) in [4.78, 5) is 28.5. The van der Waals surface area contributed by atoms with E-state index in [1.54, 1.807) is 23.1 Å². The molecule has 0 aromatic heterocycles. The second-order valence-electron chi connectivity index (χ2n) is 10.0. The quantitative estimate of drug-likeness (QED) is 0.422. The van der Waals surface area contributed by atoms with Gasteiger partial charge in [0.25, 0.3) is 5.91 Å². The molecule has 0 spiro atoms. The molecule has 1 unspecified atom stereocenters. The summed E-state index contributed by atoms with van der Waals surface area (Å²) in [5.41, 5.74) is 1.72. The topological polar surface area (TPSA) is 105 Å². The number of hydrogen-bond acceptors (Lipinski definition) is 6. The molecule has 3 aromatic rings. The molecule has 0 bridgehead atoms. The van der Waals surface area contributed by atoms with Gasteiger partial charge in [0.2, 0.25) is 15.9 Å². The Morgan fingerprint density at radius 3 is 2.44 bits per heavy atom. The lowest BCUT2D eigenvalue weighted by Crippen LogP contribution is -2.53. The lowest BCUT2D eigenvalue weighted by Gasteiger charge is -2.38. The van der Waals surface area contributed by atoms with Crippen LogP contribution in [0.1, 0.15) is 18.4 Å². The van der Waals surface area contributed by atoms with E-state index in [4.69, 9.17) is 21.1 Å². The molecule has 1 N–H and O–H groups in total. The van der Waals surface area contributed by atoms with Gasteiger partial charge in [0.15, 0.2) is 6.10 Å². The van der Waals surface area contributed by atoms with Gasteiger partial charge < -0.3 is 19.7 Å². The number of ether oxygens (including phenoxy) is 2. The first-order valence-corrected chi connectivity index (χ1v) is 15.3. The molecule has 1 fully saturated rings. The number of anilines is 1. The summed E-state index contributed by atoms with van der Waals surface area (Å²) in [6.07, 6.45) is 0.540. The number of nitrogens with zero attached hydrogens (tertiary/aromatic N) is 2. The van der Waals surface area contributed by atoms with Crippen molar-refractivity contribution in [3.63, 3.8) is 0 Å². The molecule has 2 amide bonds. The van der Waals surface area contributed by atoms with E-state index >= 15 is 0 Å². The highest BCUT2D eigenvalue weighted by atomic mass is 35.5. The normalized spacial score (nSPS) is 17.8. The number of benzene rings is 3. The molecule has 11 heteroatoms. The van der Waals surface area contributed by atoms with Gasteiger partial charge in [-0.3, -0.25) is 9.59 Å². The number of carbonyl (C=O) groups is 2. The van der Waals surface area contributed by atoms with Crippen LogP contribution >= 0.6 is 11.6 Å². The Labute approximate surface area is 245 Å². The van der Waals surface area contributed by atoms with Crippen molar-refractivity contribution in [3.8, 4) is 11.5 Å². The van der Waals surface area contributed by atoms with E-state index in [2.05, 4.69) is 5.32 Å². The molecule has 0 saturated carbocycles. The average molecular weight is 598 g/mol. The molecule has 9 nitrogen and oxygen atoms in total. The second kappa shape index (κ2) is 12.5. The smallest absolute Gasteiger partial charge is 0.262 e. The zero-order valence-electron chi connectivity index (χ0n) is 22.7. The van der Waals surface area contributed by atoms with E-state index in [9.17, 15) is 18.0 Å². The summed E-state index contributed by atoms with van der Waals surface area (Å²) in [5, 5.41) is 3.14. The lowest BCUT2D eigenvalue weighted by molar-refractivity contribution is -0.129. The van der Waals surface area contributed by atoms with Crippen LogP contribution < -0.4 is 19.7 Å². The predicted octanol–water partition coefficient (Wildman–Crippen LogP) is 3.90. The summed E-state index contributed by atoms with van der Waals surface area (Å²) < 4.78 is 39.0. The Morgan fingerprint density at radius 2 is 1.73 bits per heavy atom. The van der Waals surface area contributed by atoms with Crippen molar-refractivity contribution in [3.05, 3.63) is 83.4 Å². The third-order valence-electron chi connectivity index (χ3n) is 7.45. The summed E-state index contributed by atoms with van der Waals surface area (Å²) in [6.45, 7) is 0.913. The first-order valence-electron chi connectivity index (χ1n) is 13.5. The lowest BCUT2D eigenvalue weighted by atomic mass is 9.95. The molecule has 0 radical (unpaired) electrons. The van der Waals surface area contributed by atoms with Gasteiger partial charge >= 0.3 is 0 Å². The van der Waals surface area contributed by atoms with Crippen LogP contribution in [0.15, 0.2) is 77.7 Å². The van der Waals surface area contributed by atoms with Crippen LogP contribution in [0.4, 0.5) is 5.69 Å². The van der Waals surface area contributed by atoms with Crippen LogP contribution in [0.3, 0.4) is 0 Å². The van der Waals surface area contributed by atoms with Crippen molar-refractivity contribution >= 4 is 39.1 Å². The minimum absolute atomic E-state index is 0.0792. The number of halogens is 1. The van der Waals surface area contributed by atoms with Crippen LogP contribution in [-0.4, -0.2) is 63.9 Å². The number of fused-ring (bicyclic) bond motifs is 1. The van der Waals surface area contributed by atoms with Gasteiger partial charge in [0.1, 0.15) is 11.5 Å². The summed E-state index contributed by atoms with van der Waals surface area (Å²) in [7, 11) is -2.32. The highest BCUT2D eigenvalue weighted by Crippen LogP contribution is 2.36. The fraction of sp³-hybridized carbons (Fsp3) is 0.333. The van der Waals surface area contributed by atoms with Gasteiger partial charge in [-0.2, -0.15) is 4.31 Å². The minimum Gasteiger partial charge on any atom is -0.495 e. The molecule has 2 heterocycles. The fourth-order valence-corrected chi connectivity index (χ4v) is 7.01. The number of amides is 2.